The number of hydrogen-bond donors (Lipinski definition) is 0. The molecule has 2 heteroatoms. The van der Waals surface area contributed by atoms with Gasteiger partial charge >= 0.3 is 0 Å². The van der Waals surface area contributed by atoms with Crippen molar-refractivity contribution in [2.45, 2.75) is 19.3 Å². The predicted molar refractivity (Wildman–Crippen MR) is 223 cm³/mol. The van der Waals surface area contributed by atoms with Crippen molar-refractivity contribution in [2.24, 2.45) is 7.05 Å². The number of benzene rings is 8. The molecule has 2 nitrogen and oxygen atoms in total. The van der Waals surface area contributed by atoms with E-state index >= 15 is 0 Å². The highest BCUT2D eigenvalue weighted by Crippen LogP contribution is 2.58. The average Bonchev–Trinajstić information content (AvgIpc) is 3.73. The minimum Gasteiger partial charge on any atom is -0.327 e. The van der Waals surface area contributed by atoms with Gasteiger partial charge in [-0.1, -0.05) is 178 Å². The van der Waals surface area contributed by atoms with Crippen molar-refractivity contribution >= 4 is 21.8 Å². The van der Waals surface area contributed by atoms with Gasteiger partial charge in [-0.05, 0) is 90.7 Å². The average molecular weight is 681 g/mol. The van der Waals surface area contributed by atoms with Gasteiger partial charge in [-0.15, -0.1) is 0 Å². The maximum atomic E-state index is 4.99. The molecule has 1 aliphatic rings. The molecule has 0 bridgehead atoms. The highest BCUT2D eigenvalue weighted by molar-refractivity contribution is 6.03. The van der Waals surface area contributed by atoms with Gasteiger partial charge in [0.15, 0.2) is 0 Å². The molecule has 53 heavy (non-hydrogen) atoms. The third-order valence-corrected chi connectivity index (χ3v) is 10.9. The number of imidazole rings is 1. The van der Waals surface area contributed by atoms with Crippen LogP contribution in [-0.2, 0) is 12.5 Å². The van der Waals surface area contributed by atoms with Crippen molar-refractivity contribution < 1.29 is 0 Å². The summed E-state index contributed by atoms with van der Waals surface area (Å²) in [4.78, 5) is 4.99. The van der Waals surface area contributed by atoms with E-state index in [-0.39, 0.29) is 0 Å². The van der Waals surface area contributed by atoms with Crippen LogP contribution < -0.4 is 0 Å². The Balaban J connectivity index is 0.00000183. The summed E-state index contributed by atoms with van der Waals surface area (Å²) in [6, 6.07) is 68.9. The van der Waals surface area contributed by atoms with Crippen molar-refractivity contribution in [1.82, 2.24) is 9.55 Å². The Morgan fingerprint density at radius 2 is 1.02 bits per heavy atom. The topological polar surface area (TPSA) is 17.8 Å². The first-order valence-corrected chi connectivity index (χ1v) is 18.6. The molecule has 0 atom stereocenters. The van der Waals surface area contributed by atoms with Crippen molar-refractivity contribution in [2.75, 3.05) is 0 Å². The zero-order valence-electron chi connectivity index (χ0n) is 30.3. The molecule has 1 heterocycles. The molecule has 1 aliphatic carbocycles. The number of para-hydroxylation sites is 2. The van der Waals surface area contributed by atoms with Crippen molar-refractivity contribution in [3.05, 3.63) is 210 Å². The van der Waals surface area contributed by atoms with E-state index in [1.165, 1.54) is 66.4 Å². The number of hydrogen-bond acceptors (Lipinski definition) is 1. The normalized spacial score (nSPS) is 12.6. The van der Waals surface area contributed by atoms with Gasteiger partial charge in [0.25, 0.3) is 0 Å². The zero-order valence-corrected chi connectivity index (χ0v) is 30.3. The molecule has 0 saturated carbocycles. The van der Waals surface area contributed by atoms with Crippen LogP contribution in [0.2, 0.25) is 0 Å². The largest absolute Gasteiger partial charge is 0.327 e. The molecule has 0 N–H and O–H groups in total. The fourth-order valence-electron chi connectivity index (χ4n) is 8.61. The summed E-state index contributed by atoms with van der Waals surface area (Å²) >= 11 is 0. The Labute approximate surface area is 311 Å². The fraction of sp³-hybridized carbons (Fsp3) is 0.0784. The number of rotatable bonds is 5. The van der Waals surface area contributed by atoms with Gasteiger partial charge in [-0.2, -0.15) is 0 Å². The third-order valence-electron chi connectivity index (χ3n) is 10.9. The van der Waals surface area contributed by atoms with Crippen LogP contribution >= 0.6 is 0 Å². The lowest BCUT2D eigenvalue weighted by Gasteiger charge is -2.34. The molecular formula is C51H40N2. The molecule has 10 rings (SSSR count). The highest BCUT2D eigenvalue weighted by Gasteiger charge is 2.46. The van der Waals surface area contributed by atoms with Gasteiger partial charge < -0.3 is 4.57 Å². The molecule has 0 radical (unpaired) electrons. The quantitative estimate of drug-likeness (QED) is 0.177. The van der Waals surface area contributed by atoms with Crippen LogP contribution in [-0.4, -0.2) is 9.55 Å². The second-order valence-electron chi connectivity index (χ2n) is 13.6. The summed E-state index contributed by atoms with van der Waals surface area (Å²) < 4.78 is 2.19. The lowest BCUT2D eigenvalue weighted by Crippen LogP contribution is -2.28. The molecule has 0 fully saturated rings. The summed E-state index contributed by atoms with van der Waals surface area (Å²) in [6.45, 7) is 4.00. The SMILES string of the molecule is CC.Cn1c(-c2ccc(-c3cc4c(cc3-c3cccc5ccccc35)C(c3ccccc3)(c3ccccc3)c3ccccc3-4)cc2)nc2ccccc21. The Hall–Kier alpha value is -6.51. The summed E-state index contributed by atoms with van der Waals surface area (Å²) in [5.41, 5.74) is 15.3. The number of aryl methyl sites for hydroxylation is 1. The van der Waals surface area contributed by atoms with E-state index in [1.54, 1.807) is 0 Å². The molecule has 0 unspecified atom stereocenters. The maximum Gasteiger partial charge on any atom is 0.140 e. The summed E-state index contributed by atoms with van der Waals surface area (Å²) in [5.74, 6) is 0.968. The molecule has 0 saturated heterocycles. The molecule has 254 valence electrons. The van der Waals surface area contributed by atoms with E-state index in [9.17, 15) is 0 Å². The molecule has 0 amide bonds. The highest BCUT2D eigenvalue weighted by atomic mass is 15.1. The Morgan fingerprint density at radius 3 is 1.75 bits per heavy atom. The van der Waals surface area contributed by atoms with Crippen LogP contribution in [0.5, 0.6) is 0 Å². The first-order chi connectivity index (χ1) is 26.2. The summed E-state index contributed by atoms with van der Waals surface area (Å²) in [7, 11) is 2.10. The smallest absolute Gasteiger partial charge is 0.140 e. The van der Waals surface area contributed by atoms with Crippen molar-refractivity contribution in [1.29, 1.82) is 0 Å². The van der Waals surface area contributed by atoms with E-state index in [2.05, 4.69) is 194 Å². The first-order valence-electron chi connectivity index (χ1n) is 18.6. The number of nitrogens with zero attached hydrogens (tertiary/aromatic N) is 2. The standard InChI is InChI=1S/C49H34N2.C2H6/c1-51-47-26-13-12-25-46(47)50-48(51)35-29-27-34(28-30-35)41-31-43-40-22-10-11-24-44(40)49(36-17-4-2-5-18-36,37-19-6-3-7-20-37)45(43)32-42(41)39-23-14-16-33-15-8-9-21-38(33)39;1-2/h2-32H,1H3;1-2H3. The van der Waals surface area contributed by atoms with E-state index in [4.69, 9.17) is 4.98 Å². The lowest BCUT2D eigenvalue weighted by molar-refractivity contribution is 0.769. The zero-order chi connectivity index (χ0) is 35.9. The fourth-order valence-corrected chi connectivity index (χ4v) is 8.61. The molecule has 8 aromatic carbocycles. The van der Waals surface area contributed by atoms with Gasteiger partial charge in [0.05, 0.1) is 16.4 Å². The first kappa shape index (κ1) is 32.4. The Kier molecular flexibility index (Phi) is 8.09. The minimum absolute atomic E-state index is 0.476. The van der Waals surface area contributed by atoms with E-state index in [0.717, 1.165) is 22.4 Å². The molecular weight excluding hydrogens is 641 g/mol. The summed E-state index contributed by atoms with van der Waals surface area (Å²) in [5, 5.41) is 2.48. The second kappa shape index (κ2) is 13.2. The molecule has 9 aromatic rings. The Bertz CT molecular complexity index is 2690. The second-order valence-corrected chi connectivity index (χ2v) is 13.6. The minimum atomic E-state index is -0.476. The van der Waals surface area contributed by atoms with Gasteiger partial charge in [0.2, 0.25) is 0 Å². The lowest BCUT2D eigenvalue weighted by atomic mass is 9.67. The van der Waals surface area contributed by atoms with Crippen LogP contribution in [0.3, 0.4) is 0 Å². The van der Waals surface area contributed by atoms with Crippen LogP contribution in [0, 0.1) is 0 Å². The van der Waals surface area contributed by atoms with E-state index in [0.29, 0.717) is 0 Å². The van der Waals surface area contributed by atoms with Crippen LogP contribution in [0.15, 0.2) is 188 Å². The van der Waals surface area contributed by atoms with Crippen LogP contribution in [0.25, 0.3) is 66.6 Å². The Morgan fingerprint density at radius 1 is 0.434 bits per heavy atom. The number of fused-ring (bicyclic) bond motifs is 5. The van der Waals surface area contributed by atoms with Crippen molar-refractivity contribution in [3.63, 3.8) is 0 Å². The number of aromatic nitrogens is 2. The maximum absolute atomic E-state index is 4.99. The molecule has 0 spiro atoms. The van der Waals surface area contributed by atoms with Crippen LogP contribution in [0.1, 0.15) is 36.1 Å². The molecule has 0 aliphatic heterocycles. The van der Waals surface area contributed by atoms with E-state index in [1.807, 2.05) is 19.9 Å². The van der Waals surface area contributed by atoms with Gasteiger partial charge in [0.1, 0.15) is 5.82 Å². The van der Waals surface area contributed by atoms with Crippen LogP contribution in [0.4, 0.5) is 0 Å². The third kappa shape index (κ3) is 5.05. The monoisotopic (exact) mass is 680 g/mol. The van der Waals surface area contributed by atoms with Gasteiger partial charge in [-0.3, -0.25) is 0 Å². The van der Waals surface area contributed by atoms with Crippen molar-refractivity contribution in [3.8, 4) is 44.8 Å². The molecule has 1 aromatic heterocycles. The predicted octanol–water partition coefficient (Wildman–Crippen LogP) is 13.1. The van der Waals surface area contributed by atoms with E-state index < -0.39 is 5.41 Å². The van der Waals surface area contributed by atoms with Gasteiger partial charge in [0, 0.05) is 12.6 Å². The summed E-state index contributed by atoms with van der Waals surface area (Å²) in [6.07, 6.45) is 0. The van der Waals surface area contributed by atoms with Gasteiger partial charge in [-0.25, -0.2) is 4.98 Å².